The molecular weight excluding hydrogens is 651 g/mol. The molecule has 0 radical (unpaired) electrons. The van der Waals surface area contributed by atoms with Crippen LogP contribution >= 0.6 is 22.7 Å². The first-order valence-corrected chi connectivity index (χ1v) is 15.3. The zero-order valence-corrected chi connectivity index (χ0v) is 26.9. The number of nitrogens with zero attached hydrogens (tertiary/aromatic N) is 4. The highest BCUT2D eigenvalue weighted by Gasteiger charge is 2.27. The van der Waals surface area contributed by atoms with Crippen LogP contribution in [0.25, 0.3) is 0 Å². The second kappa shape index (κ2) is 13.2. The number of aryl methyl sites for hydroxylation is 2. The minimum atomic E-state index is -0.706. The third kappa shape index (κ3) is 6.56. The predicted octanol–water partition coefficient (Wildman–Crippen LogP) is 4.72. The highest BCUT2D eigenvalue weighted by Crippen LogP contribution is 2.38. The van der Waals surface area contributed by atoms with E-state index >= 15 is 0 Å². The largest absolute Gasteiger partial charge is 0.504 e. The lowest BCUT2D eigenvalue weighted by Gasteiger charge is -2.15. The van der Waals surface area contributed by atoms with Crippen molar-refractivity contribution in [2.75, 3.05) is 40.3 Å². The number of benzene rings is 1. The highest BCUT2D eigenvalue weighted by molar-refractivity contribution is 7.13. The van der Waals surface area contributed by atoms with Gasteiger partial charge >= 0.3 is 0 Å². The lowest BCUT2D eigenvalue weighted by molar-refractivity contribution is 0.0985. The van der Waals surface area contributed by atoms with Crippen molar-refractivity contribution in [3.8, 4) is 11.5 Å². The van der Waals surface area contributed by atoms with E-state index in [9.17, 15) is 29.4 Å². The Morgan fingerprint density at radius 3 is 1.74 bits per heavy atom. The maximum Gasteiger partial charge on any atom is 0.273 e. The molecule has 0 fully saturated rings. The van der Waals surface area contributed by atoms with E-state index < -0.39 is 16.8 Å². The first-order chi connectivity index (χ1) is 22.4. The van der Waals surface area contributed by atoms with E-state index in [0.29, 0.717) is 28.8 Å². The SMILES string of the molecule is Cc1cc(N(C)C(=O)c2scc(N)c2O)no1.Cc1cc(N(C)C(=O)c2scc(Nc3c(Nc4ccccc4)c(=O)c3=O)c2O)no1. The van der Waals surface area contributed by atoms with Crippen LogP contribution in [0.4, 0.5) is 40.1 Å². The normalized spacial score (nSPS) is 10.7. The van der Waals surface area contributed by atoms with E-state index in [-0.39, 0.29) is 49.9 Å². The van der Waals surface area contributed by atoms with E-state index in [4.69, 9.17) is 14.8 Å². The van der Waals surface area contributed by atoms with Crippen LogP contribution in [0, 0.1) is 13.8 Å². The zero-order chi connectivity index (χ0) is 34.0. The number of nitrogens with one attached hydrogen (secondary N) is 2. The number of nitrogens with two attached hydrogens (primary N) is 1. The summed E-state index contributed by atoms with van der Waals surface area (Å²) in [6.07, 6.45) is 0. The summed E-state index contributed by atoms with van der Waals surface area (Å²) < 4.78 is 9.85. The van der Waals surface area contributed by atoms with Crippen molar-refractivity contribution >= 4 is 74.6 Å². The van der Waals surface area contributed by atoms with Gasteiger partial charge in [-0.2, -0.15) is 0 Å². The van der Waals surface area contributed by atoms with Crippen molar-refractivity contribution in [3.63, 3.8) is 0 Å². The standard InChI is InChI=1S/C20H16N4O5S.C10H11N3O3S/c1-10-8-13(23-29-10)24(2)20(28)19-16(25)12(9-30-19)22-15-14(17(26)18(15)27)21-11-6-4-3-5-7-11;1-5-3-7(12-16-5)13(2)10(15)9-8(14)6(11)4-17-9/h3-9,21-22,25H,1-2H3;3-4,14H,11H2,1-2H3. The number of aromatic hydroxyl groups is 2. The second-order valence-electron chi connectivity index (χ2n) is 10.0. The van der Waals surface area contributed by atoms with E-state index in [1.807, 2.05) is 6.07 Å². The Labute approximate surface area is 273 Å². The number of para-hydroxylation sites is 1. The average Bonchev–Trinajstić information content (AvgIpc) is 3.87. The van der Waals surface area contributed by atoms with E-state index in [2.05, 4.69) is 20.9 Å². The van der Waals surface area contributed by atoms with Gasteiger partial charge in [-0.25, -0.2) is 0 Å². The molecule has 0 unspecified atom stereocenters. The summed E-state index contributed by atoms with van der Waals surface area (Å²) in [5, 5.41) is 36.3. The Balaban J connectivity index is 0.000000216. The molecule has 0 aliphatic carbocycles. The van der Waals surface area contributed by atoms with Crippen LogP contribution in [-0.2, 0) is 0 Å². The topological polar surface area (TPSA) is 217 Å². The molecular formula is C30H27N7O8S2. The summed E-state index contributed by atoms with van der Waals surface area (Å²) in [6.45, 7) is 3.43. The molecule has 0 aliphatic heterocycles. The Hall–Kier alpha value is -5.94. The molecule has 0 bridgehead atoms. The number of thiophene rings is 2. The summed E-state index contributed by atoms with van der Waals surface area (Å²) in [5.41, 5.74) is 5.22. The third-order valence-electron chi connectivity index (χ3n) is 6.69. The van der Waals surface area contributed by atoms with Gasteiger partial charge in [0.05, 0.1) is 11.4 Å². The van der Waals surface area contributed by atoms with Crippen LogP contribution in [0.1, 0.15) is 30.9 Å². The van der Waals surface area contributed by atoms with E-state index in [0.717, 1.165) is 22.7 Å². The van der Waals surface area contributed by atoms with Crippen LogP contribution < -0.4 is 37.0 Å². The molecule has 6 N–H and O–H groups in total. The summed E-state index contributed by atoms with van der Waals surface area (Å²) in [4.78, 5) is 51.5. The Morgan fingerprint density at radius 2 is 1.28 bits per heavy atom. The van der Waals surface area contributed by atoms with Gasteiger partial charge in [-0.05, 0) is 26.0 Å². The lowest BCUT2D eigenvalue weighted by atomic mass is 10.1. The Kier molecular flexibility index (Phi) is 9.11. The lowest BCUT2D eigenvalue weighted by Crippen LogP contribution is -2.35. The molecule has 4 heterocycles. The number of aromatic nitrogens is 2. The van der Waals surface area contributed by atoms with Gasteiger partial charge in [0.25, 0.3) is 22.7 Å². The van der Waals surface area contributed by atoms with Crippen molar-refractivity contribution in [2.24, 2.45) is 0 Å². The van der Waals surface area contributed by atoms with Gasteiger partial charge in [0, 0.05) is 42.7 Å². The monoisotopic (exact) mass is 677 g/mol. The molecule has 6 rings (SSSR count). The summed E-state index contributed by atoms with van der Waals surface area (Å²) in [7, 11) is 3.05. The summed E-state index contributed by atoms with van der Waals surface area (Å²) >= 11 is 2.09. The summed E-state index contributed by atoms with van der Waals surface area (Å²) in [6, 6.07) is 12.1. The van der Waals surface area contributed by atoms with Gasteiger partial charge in [-0.1, -0.05) is 28.5 Å². The molecule has 0 spiro atoms. The number of amides is 2. The van der Waals surface area contributed by atoms with Crippen molar-refractivity contribution in [3.05, 3.63) is 94.9 Å². The molecule has 4 aromatic heterocycles. The molecule has 2 amide bonds. The quantitative estimate of drug-likeness (QED) is 0.138. The molecule has 6 aromatic rings. The molecule has 0 saturated carbocycles. The maximum atomic E-state index is 12.7. The van der Waals surface area contributed by atoms with Gasteiger partial charge in [0.2, 0.25) is 0 Å². The predicted molar refractivity (Wildman–Crippen MR) is 179 cm³/mol. The smallest absolute Gasteiger partial charge is 0.273 e. The molecule has 0 atom stereocenters. The average molecular weight is 678 g/mol. The summed E-state index contributed by atoms with van der Waals surface area (Å²) in [5.74, 6) is 0.456. The van der Waals surface area contributed by atoms with Crippen LogP contribution in [0.3, 0.4) is 0 Å². The molecule has 0 saturated heterocycles. The van der Waals surface area contributed by atoms with Crippen LogP contribution in [0.5, 0.6) is 11.5 Å². The third-order valence-corrected chi connectivity index (χ3v) is 8.62. The maximum absolute atomic E-state index is 12.7. The van der Waals surface area contributed by atoms with Crippen LogP contribution in [-0.4, -0.2) is 46.4 Å². The minimum Gasteiger partial charge on any atom is -0.504 e. The number of carbonyl (C=O) groups excluding carboxylic acids is 2. The minimum absolute atomic E-state index is 0.0245. The Bertz CT molecular complexity index is 2140. The zero-order valence-electron chi connectivity index (χ0n) is 25.2. The fourth-order valence-corrected chi connectivity index (χ4v) is 5.76. The van der Waals surface area contributed by atoms with Crippen molar-refractivity contribution in [2.45, 2.75) is 13.8 Å². The first-order valence-electron chi connectivity index (χ1n) is 13.6. The highest BCUT2D eigenvalue weighted by atomic mass is 32.1. The van der Waals surface area contributed by atoms with Gasteiger partial charge in [0.1, 0.15) is 32.6 Å². The number of anilines is 7. The van der Waals surface area contributed by atoms with Crippen LogP contribution in [0.15, 0.2) is 71.9 Å². The molecule has 2 aromatic carbocycles. The van der Waals surface area contributed by atoms with Crippen molar-refractivity contribution in [1.82, 2.24) is 10.3 Å². The molecule has 15 nitrogen and oxygen atoms in total. The number of rotatable bonds is 8. The fourth-order valence-electron chi connectivity index (χ4n) is 4.08. The van der Waals surface area contributed by atoms with Gasteiger partial charge in [-0.15, -0.1) is 22.7 Å². The van der Waals surface area contributed by atoms with Crippen molar-refractivity contribution in [1.29, 1.82) is 0 Å². The van der Waals surface area contributed by atoms with Crippen molar-refractivity contribution < 1.29 is 28.8 Å². The van der Waals surface area contributed by atoms with E-state index in [1.165, 1.54) is 27.6 Å². The Morgan fingerprint density at radius 1 is 0.787 bits per heavy atom. The number of carbonyl (C=O) groups is 2. The molecule has 47 heavy (non-hydrogen) atoms. The second-order valence-corrected chi connectivity index (χ2v) is 11.8. The number of hydrogen-bond donors (Lipinski definition) is 5. The number of nitrogen functional groups attached to an aromatic ring is 1. The van der Waals surface area contributed by atoms with Gasteiger partial charge in [-0.3, -0.25) is 29.0 Å². The molecule has 242 valence electrons. The van der Waals surface area contributed by atoms with Crippen LogP contribution in [0.2, 0.25) is 0 Å². The van der Waals surface area contributed by atoms with E-state index in [1.54, 1.807) is 57.3 Å². The molecule has 0 aliphatic rings. The first kappa shape index (κ1) is 32.5. The number of hydrogen-bond acceptors (Lipinski definition) is 15. The molecule has 17 heteroatoms. The van der Waals surface area contributed by atoms with Gasteiger partial charge < -0.3 is 35.6 Å². The fraction of sp³-hybridized carbons (Fsp3) is 0.133. The van der Waals surface area contributed by atoms with Gasteiger partial charge in [0.15, 0.2) is 23.1 Å².